The highest BCUT2D eigenvalue weighted by Crippen LogP contribution is 2.16. The summed E-state index contributed by atoms with van der Waals surface area (Å²) in [4.78, 5) is 37.0. The van der Waals surface area contributed by atoms with Gasteiger partial charge in [-0.15, -0.1) is 0 Å². The van der Waals surface area contributed by atoms with E-state index < -0.39 is 17.9 Å². The summed E-state index contributed by atoms with van der Waals surface area (Å²) >= 11 is 0. The average molecular weight is 332 g/mol. The summed E-state index contributed by atoms with van der Waals surface area (Å²) in [5.74, 6) is -1.44. The number of likely N-dealkylation sites (tertiary alicyclic amines) is 1. The first-order valence-corrected chi connectivity index (χ1v) is 8.10. The van der Waals surface area contributed by atoms with Gasteiger partial charge in [-0.05, 0) is 24.9 Å². The standard InChI is InChI=1S/C17H24N4O3/c18-15(22)11-21-8-4-7-13(10-21)17(24)20-14(16(19)23)9-12-5-2-1-3-6-12/h1-3,5-6,13-14H,4,7-11H2,(H2,18,22)(H2,19,23)(H,20,24)/t13?,14-/m0/s1. The predicted molar refractivity (Wildman–Crippen MR) is 89.6 cm³/mol. The first kappa shape index (κ1) is 17.9. The van der Waals surface area contributed by atoms with Gasteiger partial charge in [0.1, 0.15) is 6.04 Å². The molecule has 1 fully saturated rings. The largest absolute Gasteiger partial charge is 0.369 e. The van der Waals surface area contributed by atoms with Crippen molar-refractivity contribution in [1.82, 2.24) is 10.2 Å². The van der Waals surface area contributed by atoms with Crippen LogP contribution < -0.4 is 16.8 Å². The highest BCUT2D eigenvalue weighted by atomic mass is 16.2. The number of carbonyl (C=O) groups excluding carboxylic acids is 3. The zero-order chi connectivity index (χ0) is 17.5. The fourth-order valence-electron chi connectivity index (χ4n) is 3.00. The molecule has 130 valence electrons. The van der Waals surface area contributed by atoms with E-state index in [-0.39, 0.29) is 18.4 Å². The quantitative estimate of drug-likeness (QED) is 0.617. The molecule has 1 aromatic carbocycles. The summed E-state index contributed by atoms with van der Waals surface area (Å²) in [5, 5.41) is 2.75. The SMILES string of the molecule is NC(=O)CN1CCCC(C(=O)N[C@@H](Cc2ccccc2)C(N)=O)C1. The van der Waals surface area contributed by atoms with Gasteiger partial charge in [0, 0.05) is 13.0 Å². The number of carbonyl (C=O) groups is 3. The van der Waals surface area contributed by atoms with Gasteiger partial charge in [-0.25, -0.2) is 0 Å². The molecule has 1 heterocycles. The third kappa shape index (κ3) is 5.34. The lowest BCUT2D eigenvalue weighted by molar-refractivity contribution is -0.131. The number of rotatable bonds is 7. The van der Waals surface area contributed by atoms with Crippen LogP contribution in [0.2, 0.25) is 0 Å². The molecule has 0 spiro atoms. The lowest BCUT2D eigenvalue weighted by Crippen LogP contribution is -2.51. The molecule has 0 aromatic heterocycles. The maximum atomic E-state index is 12.5. The molecule has 3 amide bonds. The zero-order valence-corrected chi connectivity index (χ0v) is 13.6. The predicted octanol–water partition coefficient (Wildman–Crippen LogP) is -0.603. The van der Waals surface area contributed by atoms with Crippen molar-refractivity contribution in [3.05, 3.63) is 35.9 Å². The van der Waals surface area contributed by atoms with Crippen molar-refractivity contribution in [3.63, 3.8) is 0 Å². The van der Waals surface area contributed by atoms with Crippen LogP contribution in [0.25, 0.3) is 0 Å². The van der Waals surface area contributed by atoms with Gasteiger partial charge in [-0.1, -0.05) is 30.3 Å². The smallest absolute Gasteiger partial charge is 0.240 e. The van der Waals surface area contributed by atoms with E-state index in [1.54, 1.807) is 0 Å². The van der Waals surface area contributed by atoms with Crippen LogP contribution in [-0.4, -0.2) is 48.3 Å². The van der Waals surface area contributed by atoms with Crippen molar-refractivity contribution in [2.45, 2.75) is 25.3 Å². The molecule has 7 heteroatoms. The first-order valence-electron chi connectivity index (χ1n) is 8.10. The number of hydrogen-bond acceptors (Lipinski definition) is 4. The van der Waals surface area contributed by atoms with Crippen LogP contribution in [0.5, 0.6) is 0 Å². The molecule has 24 heavy (non-hydrogen) atoms. The molecule has 2 atom stereocenters. The number of piperidine rings is 1. The van der Waals surface area contributed by atoms with E-state index in [9.17, 15) is 14.4 Å². The number of nitrogens with zero attached hydrogens (tertiary/aromatic N) is 1. The Labute approximate surface area is 141 Å². The Morgan fingerprint density at radius 3 is 2.54 bits per heavy atom. The second kappa shape index (κ2) is 8.44. The van der Waals surface area contributed by atoms with Crippen molar-refractivity contribution >= 4 is 17.7 Å². The minimum atomic E-state index is -0.744. The average Bonchev–Trinajstić information content (AvgIpc) is 2.54. The Kier molecular flexibility index (Phi) is 6.31. The Bertz CT molecular complexity index is 591. The second-order valence-corrected chi connectivity index (χ2v) is 6.19. The summed E-state index contributed by atoms with van der Waals surface area (Å²) in [5.41, 5.74) is 11.6. The zero-order valence-electron chi connectivity index (χ0n) is 13.6. The molecule has 0 radical (unpaired) electrons. The van der Waals surface area contributed by atoms with E-state index in [1.165, 1.54) is 0 Å². The van der Waals surface area contributed by atoms with Gasteiger partial charge < -0.3 is 16.8 Å². The molecule has 1 aliphatic heterocycles. The van der Waals surface area contributed by atoms with E-state index in [2.05, 4.69) is 5.32 Å². The molecule has 1 aromatic rings. The van der Waals surface area contributed by atoms with E-state index in [0.717, 1.165) is 24.9 Å². The van der Waals surface area contributed by atoms with Crippen molar-refractivity contribution in [3.8, 4) is 0 Å². The van der Waals surface area contributed by atoms with Crippen LogP contribution in [-0.2, 0) is 20.8 Å². The molecular formula is C17H24N4O3. The van der Waals surface area contributed by atoms with Crippen LogP contribution in [0.15, 0.2) is 30.3 Å². The summed E-state index contributed by atoms with van der Waals surface area (Å²) in [6.45, 7) is 1.36. The molecule has 7 nitrogen and oxygen atoms in total. The molecular weight excluding hydrogens is 308 g/mol. The van der Waals surface area contributed by atoms with Crippen molar-refractivity contribution in [1.29, 1.82) is 0 Å². The topological polar surface area (TPSA) is 119 Å². The lowest BCUT2D eigenvalue weighted by atomic mass is 9.96. The van der Waals surface area contributed by atoms with Gasteiger partial charge in [0.25, 0.3) is 0 Å². The van der Waals surface area contributed by atoms with Gasteiger partial charge in [-0.2, -0.15) is 0 Å². The Morgan fingerprint density at radius 2 is 1.92 bits per heavy atom. The fraction of sp³-hybridized carbons (Fsp3) is 0.471. The summed E-state index contributed by atoms with van der Waals surface area (Å²) in [7, 11) is 0. The monoisotopic (exact) mass is 332 g/mol. The van der Waals surface area contributed by atoms with E-state index in [1.807, 2.05) is 35.2 Å². The van der Waals surface area contributed by atoms with Crippen LogP contribution in [0, 0.1) is 5.92 Å². The van der Waals surface area contributed by atoms with Crippen molar-refractivity contribution < 1.29 is 14.4 Å². The molecule has 2 rings (SSSR count). The normalized spacial score (nSPS) is 19.4. The van der Waals surface area contributed by atoms with Gasteiger partial charge in [0.2, 0.25) is 17.7 Å². The van der Waals surface area contributed by atoms with Gasteiger partial charge in [0.05, 0.1) is 12.5 Å². The molecule has 0 saturated carbocycles. The van der Waals surface area contributed by atoms with Gasteiger partial charge in [0.15, 0.2) is 0 Å². The minimum absolute atomic E-state index is 0.146. The number of amides is 3. The highest BCUT2D eigenvalue weighted by molar-refractivity contribution is 5.88. The van der Waals surface area contributed by atoms with Crippen LogP contribution in [0.3, 0.4) is 0 Å². The summed E-state index contributed by atoms with van der Waals surface area (Å²) in [6.07, 6.45) is 1.89. The lowest BCUT2D eigenvalue weighted by Gasteiger charge is -2.31. The Morgan fingerprint density at radius 1 is 1.21 bits per heavy atom. The molecule has 5 N–H and O–H groups in total. The molecule has 1 unspecified atom stereocenters. The molecule has 0 bridgehead atoms. The van der Waals surface area contributed by atoms with Crippen molar-refractivity contribution in [2.75, 3.05) is 19.6 Å². The third-order valence-electron chi connectivity index (χ3n) is 4.20. The second-order valence-electron chi connectivity index (χ2n) is 6.19. The van der Waals surface area contributed by atoms with Crippen molar-refractivity contribution in [2.24, 2.45) is 17.4 Å². The van der Waals surface area contributed by atoms with Crippen LogP contribution in [0.4, 0.5) is 0 Å². The van der Waals surface area contributed by atoms with Gasteiger partial charge >= 0.3 is 0 Å². The van der Waals surface area contributed by atoms with E-state index >= 15 is 0 Å². The first-order chi connectivity index (χ1) is 11.5. The summed E-state index contributed by atoms with van der Waals surface area (Å²) in [6, 6.07) is 8.66. The minimum Gasteiger partial charge on any atom is -0.369 e. The molecule has 1 aliphatic rings. The maximum absolute atomic E-state index is 12.5. The molecule has 1 saturated heterocycles. The highest BCUT2D eigenvalue weighted by Gasteiger charge is 2.29. The fourth-order valence-corrected chi connectivity index (χ4v) is 3.00. The molecule has 0 aliphatic carbocycles. The summed E-state index contributed by atoms with van der Waals surface area (Å²) < 4.78 is 0. The van der Waals surface area contributed by atoms with Gasteiger partial charge in [-0.3, -0.25) is 19.3 Å². The Hall–Kier alpha value is -2.41. The Balaban J connectivity index is 1.94. The van der Waals surface area contributed by atoms with E-state index in [4.69, 9.17) is 11.5 Å². The number of hydrogen-bond donors (Lipinski definition) is 3. The maximum Gasteiger partial charge on any atom is 0.240 e. The third-order valence-corrected chi connectivity index (χ3v) is 4.20. The number of primary amides is 2. The number of benzene rings is 1. The number of nitrogens with one attached hydrogen (secondary N) is 1. The number of nitrogens with two attached hydrogens (primary N) is 2. The van der Waals surface area contributed by atoms with Crippen LogP contribution >= 0.6 is 0 Å². The van der Waals surface area contributed by atoms with E-state index in [0.29, 0.717) is 13.0 Å². The van der Waals surface area contributed by atoms with Crippen LogP contribution in [0.1, 0.15) is 18.4 Å².